The molecule has 2 fully saturated rings. The summed E-state index contributed by atoms with van der Waals surface area (Å²) in [5.41, 5.74) is 2.52. The van der Waals surface area contributed by atoms with Crippen molar-refractivity contribution in [1.29, 1.82) is 0 Å². The molecule has 0 aromatic heterocycles. The molecule has 0 radical (unpaired) electrons. The molecule has 0 unspecified atom stereocenters. The molecule has 0 amide bonds. The van der Waals surface area contributed by atoms with Crippen LogP contribution >= 0.6 is 24.8 Å². The summed E-state index contributed by atoms with van der Waals surface area (Å²) >= 11 is 0. The molecule has 16 nitrogen and oxygen atoms in total. The van der Waals surface area contributed by atoms with E-state index in [0.29, 0.717) is 0 Å². The molecule has 0 spiro atoms. The van der Waals surface area contributed by atoms with E-state index in [9.17, 15) is 33.7 Å². The van der Waals surface area contributed by atoms with Gasteiger partial charge in [-0.3, -0.25) is 18.5 Å². The van der Waals surface area contributed by atoms with E-state index in [-0.39, 0.29) is 68.8 Å². The Labute approximate surface area is 396 Å². The zero-order chi connectivity index (χ0) is 45.1. The van der Waals surface area contributed by atoms with E-state index in [2.05, 4.69) is 34.6 Å². The summed E-state index contributed by atoms with van der Waals surface area (Å²) in [4.78, 5) is 4.67. The largest absolute Gasteiger partial charge is 0.370 e. The number of halogens is 2. The number of hydrogen-bond donors (Lipinski definition) is 5. The van der Waals surface area contributed by atoms with Crippen LogP contribution in [0, 0.1) is 0 Å². The first kappa shape index (κ1) is 52.8. The second-order valence-electron chi connectivity index (χ2n) is 14.8. The average molecular weight is 1010 g/mol. The lowest BCUT2D eigenvalue weighted by Gasteiger charge is -2.29. The minimum atomic E-state index is -3.93. The van der Waals surface area contributed by atoms with Crippen LogP contribution in [0.25, 0.3) is 0 Å². The monoisotopic (exact) mass is 1010 g/mol. The van der Waals surface area contributed by atoms with Crippen LogP contribution in [-0.4, -0.2) is 98.8 Å². The smallest absolute Gasteiger partial charge is 0.264 e. The van der Waals surface area contributed by atoms with Crippen LogP contribution < -0.4 is 38.9 Å². The maximum absolute atomic E-state index is 13.6. The van der Waals surface area contributed by atoms with Gasteiger partial charge in [-0.1, -0.05) is 54.6 Å². The summed E-state index contributed by atoms with van der Waals surface area (Å²) in [5.74, 6) is 0. The zero-order valence-electron chi connectivity index (χ0n) is 36.0. The van der Waals surface area contributed by atoms with Crippen LogP contribution in [-0.2, 0) is 40.1 Å². The Morgan fingerprint density at radius 3 is 1.40 bits per heavy atom. The first-order chi connectivity index (χ1) is 30.1. The van der Waals surface area contributed by atoms with Crippen LogP contribution in [0.3, 0.4) is 0 Å². The fourth-order valence-corrected chi connectivity index (χ4v) is 11.4. The first-order valence-corrected chi connectivity index (χ1v) is 26.8. The summed E-state index contributed by atoms with van der Waals surface area (Å²) < 4.78 is 111. The van der Waals surface area contributed by atoms with Crippen LogP contribution in [0.1, 0.15) is 19.8 Å². The quantitative estimate of drug-likeness (QED) is 0.0869. The van der Waals surface area contributed by atoms with Crippen LogP contribution in [0.2, 0.25) is 0 Å². The number of nitrogens with one attached hydrogen (secondary N) is 5. The summed E-state index contributed by atoms with van der Waals surface area (Å²) in [6.07, 6.45) is 2.95. The Morgan fingerprint density at radius 1 is 0.508 bits per heavy atom. The SMILES string of the molecule is CCN(c1cc(N2CCCNCC2)ccc1NS(=O)(=O)c1ccccc1)S(=O)(=O)c1ccccc1.CS(=O)(=O)Nc1ccc(N2CCCNCC2)cc1NS(=O)(=O)c1ccccc1.Cl.Cl. The maximum atomic E-state index is 13.6. The van der Waals surface area contributed by atoms with Gasteiger partial charge in [0, 0.05) is 57.2 Å². The third-order valence-corrected chi connectivity index (χ3v) is 15.4. The van der Waals surface area contributed by atoms with E-state index < -0.39 is 40.1 Å². The van der Waals surface area contributed by atoms with Crippen molar-refractivity contribution < 1.29 is 33.7 Å². The second-order valence-corrected chi connectivity index (χ2v) is 21.8. The zero-order valence-corrected chi connectivity index (χ0v) is 40.9. The van der Waals surface area contributed by atoms with Gasteiger partial charge in [-0.15, -0.1) is 24.8 Å². The van der Waals surface area contributed by atoms with E-state index in [1.54, 1.807) is 91.9 Å². The highest BCUT2D eigenvalue weighted by Crippen LogP contribution is 2.36. The normalized spacial score (nSPS) is 14.7. The Balaban J connectivity index is 0.000000283. The molecule has 0 bridgehead atoms. The van der Waals surface area contributed by atoms with Gasteiger partial charge in [0.1, 0.15) is 0 Å². The molecule has 0 atom stereocenters. The number of nitrogens with zero attached hydrogens (tertiary/aromatic N) is 3. The van der Waals surface area contributed by atoms with Crippen molar-refractivity contribution in [2.75, 3.05) is 93.4 Å². The minimum absolute atomic E-state index is 0. The van der Waals surface area contributed by atoms with Gasteiger partial charge in [0.15, 0.2) is 0 Å². The van der Waals surface area contributed by atoms with Gasteiger partial charge in [0.05, 0.1) is 43.7 Å². The molecular weight excluding hydrogens is 956 g/mol. The van der Waals surface area contributed by atoms with Crippen molar-refractivity contribution in [3.05, 3.63) is 127 Å². The van der Waals surface area contributed by atoms with Gasteiger partial charge in [-0.05, 0) is 106 Å². The lowest BCUT2D eigenvalue weighted by Crippen LogP contribution is -2.33. The number of rotatable bonds is 14. The van der Waals surface area contributed by atoms with Gasteiger partial charge < -0.3 is 20.4 Å². The predicted molar refractivity (Wildman–Crippen MR) is 266 cm³/mol. The fourth-order valence-electron chi connectivity index (χ4n) is 7.12. The molecule has 65 heavy (non-hydrogen) atoms. The van der Waals surface area contributed by atoms with Crippen molar-refractivity contribution in [2.45, 2.75) is 34.5 Å². The number of anilines is 6. The molecule has 5 aromatic carbocycles. The van der Waals surface area contributed by atoms with Crippen LogP contribution in [0.5, 0.6) is 0 Å². The summed E-state index contributed by atoms with van der Waals surface area (Å²) in [6, 6.07) is 34.4. The maximum Gasteiger partial charge on any atom is 0.264 e. The molecule has 7 rings (SSSR count). The first-order valence-electron chi connectivity index (χ1n) is 20.5. The third-order valence-electron chi connectivity index (χ3n) is 10.2. The number of sulfonamides is 4. The van der Waals surface area contributed by atoms with Crippen LogP contribution in [0.4, 0.5) is 34.1 Å². The van der Waals surface area contributed by atoms with E-state index >= 15 is 0 Å². The van der Waals surface area contributed by atoms with E-state index in [1.807, 2.05) is 6.07 Å². The van der Waals surface area contributed by atoms with E-state index in [0.717, 1.165) is 82.8 Å². The van der Waals surface area contributed by atoms with Crippen molar-refractivity contribution >= 4 is 99.0 Å². The number of benzene rings is 5. The van der Waals surface area contributed by atoms with Gasteiger partial charge in [0.2, 0.25) is 10.0 Å². The molecule has 354 valence electrons. The van der Waals surface area contributed by atoms with Gasteiger partial charge in [0.25, 0.3) is 30.1 Å². The Bertz CT molecular complexity index is 2750. The fraction of sp³-hybridized carbons (Fsp3) is 0.302. The van der Waals surface area contributed by atoms with Crippen molar-refractivity contribution in [2.24, 2.45) is 0 Å². The summed E-state index contributed by atoms with van der Waals surface area (Å²) in [7, 11) is -15.3. The molecule has 2 heterocycles. The van der Waals surface area contributed by atoms with Gasteiger partial charge in [-0.25, -0.2) is 33.7 Å². The third kappa shape index (κ3) is 14.3. The Kier molecular flexibility index (Phi) is 19.2. The molecule has 5 N–H and O–H groups in total. The highest BCUT2D eigenvalue weighted by molar-refractivity contribution is 7.93. The van der Waals surface area contributed by atoms with Crippen molar-refractivity contribution in [3.8, 4) is 0 Å². The highest BCUT2D eigenvalue weighted by atomic mass is 35.5. The molecule has 5 aromatic rings. The summed E-state index contributed by atoms with van der Waals surface area (Å²) in [6.45, 7) is 8.55. The highest BCUT2D eigenvalue weighted by Gasteiger charge is 2.28. The molecular formula is C43H56Cl2N8O8S4. The lowest BCUT2D eigenvalue weighted by atomic mass is 10.2. The molecule has 22 heteroatoms. The molecule has 0 aliphatic carbocycles. The standard InChI is InChI=1S/C25H30N4O4S2.C18H24N4O4S2.2ClH/c1-2-29(35(32,33)23-12-7-4-8-13-23)25-20-21(28-18-9-16-26-17-19-28)14-15-24(25)27-34(30,31)22-10-5-3-6-11-22;1-27(23,24)20-17-9-8-15(22-12-5-10-19-11-13-22)14-18(17)21-28(25,26)16-6-3-2-4-7-16;;/h3-8,10-15,20,26-27H,2,9,16-19H2,1H3;2-4,6-9,14,19-21H,5,10-13H2,1H3;2*1H. The second kappa shape index (κ2) is 23.6. The van der Waals surface area contributed by atoms with Gasteiger partial charge >= 0.3 is 0 Å². The van der Waals surface area contributed by atoms with Crippen LogP contribution in [0.15, 0.2) is 142 Å². The average Bonchev–Trinajstić information content (AvgIpc) is 3.72. The Hall–Kier alpha value is -4.80. The predicted octanol–water partition coefficient (Wildman–Crippen LogP) is 6.00. The number of hydrogen-bond acceptors (Lipinski definition) is 12. The summed E-state index contributed by atoms with van der Waals surface area (Å²) in [5, 5.41) is 6.68. The van der Waals surface area contributed by atoms with E-state index in [4.69, 9.17) is 0 Å². The van der Waals surface area contributed by atoms with E-state index in [1.165, 1.54) is 40.7 Å². The lowest BCUT2D eigenvalue weighted by molar-refractivity contribution is 0.591. The Morgan fingerprint density at radius 2 is 0.938 bits per heavy atom. The minimum Gasteiger partial charge on any atom is -0.370 e. The molecule has 2 aliphatic rings. The van der Waals surface area contributed by atoms with Gasteiger partial charge in [-0.2, -0.15) is 0 Å². The topological polar surface area (TPSA) is 206 Å². The molecule has 0 saturated carbocycles. The van der Waals surface area contributed by atoms with Crippen molar-refractivity contribution in [3.63, 3.8) is 0 Å². The molecule has 2 aliphatic heterocycles. The van der Waals surface area contributed by atoms with Crippen molar-refractivity contribution in [1.82, 2.24) is 10.6 Å². The molecule has 2 saturated heterocycles.